The molecule has 0 radical (unpaired) electrons. The van der Waals surface area contributed by atoms with Crippen LogP contribution >= 0.6 is 0 Å². The normalized spacial score (nSPS) is 23.1. The minimum absolute atomic E-state index is 0.0850. The van der Waals surface area contributed by atoms with E-state index in [9.17, 15) is 4.79 Å². The molecule has 2 aliphatic rings. The summed E-state index contributed by atoms with van der Waals surface area (Å²) in [6, 6.07) is 17.1. The van der Waals surface area contributed by atoms with Crippen LogP contribution in [0.15, 0.2) is 48.5 Å². The van der Waals surface area contributed by atoms with Crippen molar-refractivity contribution in [3.8, 4) is 5.75 Å². The molecule has 1 amide bonds. The van der Waals surface area contributed by atoms with E-state index in [1.807, 2.05) is 41.1 Å². The number of nitrogens with zero attached hydrogens (tertiary/aromatic N) is 3. The van der Waals surface area contributed by atoms with Crippen molar-refractivity contribution in [2.45, 2.75) is 57.4 Å². The predicted molar refractivity (Wildman–Crippen MR) is 128 cm³/mol. The number of piperidine rings is 1. The standard InChI is InChI=1S/C26H32N4O3/c1-17(2)30-24-7-5-4-6-23(24)25(28-30)26(31)27-19-12-20-15-33-16-21(13-19)29(20)14-18-8-10-22(32-3)11-9-18/h4-11,17,19-21H,12-16H2,1-3H3,(H,27,31)/t19?,20-,21+. The van der Waals surface area contributed by atoms with Gasteiger partial charge in [-0.1, -0.05) is 30.3 Å². The Morgan fingerprint density at radius 2 is 1.82 bits per heavy atom. The summed E-state index contributed by atoms with van der Waals surface area (Å²) in [7, 11) is 1.69. The van der Waals surface area contributed by atoms with Crippen LogP contribution in [0, 0.1) is 0 Å². The number of methoxy groups -OCH3 is 1. The van der Waals surface area contributed by atoms with Crippen molar-refractivity contribution < 1.29 is 14.3 Å². The highest BCUT2D eigenvalue weighted by Gasteiger charge is 2.39. The van der Waals surface area contributed by atoms with E-state index in [-0.39, 0.29) is 30.1 Å². The van der Waals surface area contributed by atoms with E-state index in [1.54, 1.807) is 7.11 Å². The van der Waals surface area contributed by atoms with Gasteiger partial charge in [-0.15, -0.1) is 0 Å². The Morgan fingerprint density at radius 1 is 1.12 bits per heavy atom. The van der Waals surface area contributed by atoms with Crippen LogP contribution in [-0.2, 0) is 11.3 Å². The van der Waals surface area contributed by atoms with Gasteiger partial charge in [-0.25, -0.2) is 0 Å². The SMILES string of the molecule is COc1ccc(CN2[C@@H]3COC[C@H]2CC(NC(=O)c2nn(C(C)C)c4ccccc24)C3)cc1. The minimum atomic E-state index is -0.0850. The first kappa shape index (κ1) is 21.9. The summed E-state index contributed by atoms with van der Waals surface area (Å²) in [6.07, 6.45) is 1.75. The van der Waals surface area contributed by atoms with E-state index < -0.39 is 0 Å². The van der Waals surface area contributed by atoms with Gasteiger partial charge in [0, 0.05) is 36.1 Å². The molecule has 1 N–H and O–H groups in total. The average Bonchev–Trinajstić information content (AvgIpc) is 3.20. The van der Waals surface area contributed by atoms with Gasteiger partial charge in [0.2, 0.25) is 0 Å². The number of amides is 1. The molecule has 7 heteroatoms. The Hall–Kier alpha value is -2.90. The first-order chi connectivity index (χ1) is 16.0. The Labute approximate surface area is 194 Å². The summed E-state index contributed by atoms with van der Waals surface area (Å²) in [5, 5.41) is 8.87. The first-order valence-electron chi connectivity index (χ1n) is 11.8. The number of para-hydroxylation sites is 1. The molecule has 2 aromatic carbocycles. The van der Waals surface area contributed by atoms with Crippen LogP contribution in [0.1, 0.15) is 48.8 Å². The lowest BCUT2D eigenvalue weighted by Crippen LogP contribution is -2.60. The van der Waals surface area contributed by atoms with Gasteiger partial charge in [0.1, 0.15) is 5.75 Å². The molecule has 2 bridgehead atoms. The number of aromatic nitrogens is 2. The molecule has 1 unspecified atom stereocenters. The minimum Gasteiger partial charge on any atom is -0.497 e. The van der Waals surface area contributed by atoms with Crippen molar-refractivity contribution in [3.05, 3.63) is 59.8 Å². The molecule has 3 atom stereocenters. The third-order valence-corrected chi connectivity index (χ3v) is 6.85. The lowest BCUT2D eigenvalue weighted by Gasteiger charge is -2.48. The van der Waals surface area contributed by atoms with Crippen LogP contribution in [-0.4, -0.2) is 59.0 Å². The van der Waals surface area contributed by atoms with Crippen molar-refractivity contribution in [2.24, 2.45) is 0 Å². The topological polar surface area (TPSA) is 68.6 Å². The first-order valence-corrected chi connectivity index (χ1v) is 11.8. The van der Waals surface area contributed by atoms with Gasteiger partial charge in [-0.05, 0) is 50.5 Å². The summed E-state index contributed by atoms with van der Waals surface area (Å²) >= 11 is 0. The second-order valence-corrected chi connectivity index (χ2v) is 9.41. The highest BCUT2D eigenvalue weighted by molar-refractivity contribution is 6.05. The summed E-state index contributed by atoms with van der Waals surface area (Å²) < 4.78 is 13.1. The maximum atomic E-state index is 13.3. The van der Waals surface area contributed by atoms with Crippen LogP contribution in [0.4, 0.5) is 0 Å². The van der Waals surface area contributed by atoms with Crippen molar-refractivity contribution in [3.63, 3.8) is 0 Å². The van der Waals surface area contributed by atoms with Crippen molar-refractivity contribution in [1.82, 2.24) is 20.0 Å². The second-order valence-electron chi connectivity index (χ2n) is 9.41. The fourth-order valence-electron chi connectivity index (χ4n) is 5.21. The van der Waals surface area contributed by atoms with E-state index in [1.165, 1.54) is 5.56 Å². The van der Waals surface area contributed by atoms with Gasteiger partial charge >= 0.3 is 0 Å². The monoisotopic (exact) mass is 448 g/mol. The van der Waals surface area contributed by atoms with Crippen molar-refractivity contribution >= 4 is 16.8 Å². The number of benzene rings is 2. The number of morpholine rings is 1. The van der Waals surface area contributed by atoms with Crippen LogP contribution in [0.3, 0.4) is 0 Å². The predicted octanol–water partition coefficient (Wildman–Crippen LogP) is 3.79. The van der Waals surface area contributed by atoms with E-state index in [0.717, 1.165) is 36.0 Å². The zero-order valence-electron chi connectivity index (χ0n) is 19.5. The number of carbonyl (C=O) groups excluding carboxylic acids is 1. The Balaban J connectivity index is 1.29. The summed E-state index contributed by atoms with van der Waals surface area (Å²) in [5.41, 5.74) is 2.78. The number of carbonyl (C=O) groups is 1. The zero-order valence-corrected chi connectivity index (χ0v) is 19.5. The Bertz CT molecular complexity index is 1110. The van der Waals surface area contributed by atoms with Crippen molar-refractivity contribution in [2.75, 3.05) is 20.3 Å². The zero-order chi connectivity index (χ0) is 22.9. The molecule has 3 aromatic rings. The molecule has 2 fully saturated rings. The molecule has 0 spiro atoms. The number of fused-ring (bicyclic) bond motifs is 3. The van der Waals surface area contributed by atoms with Gasteiger partial charge in [0.25, 0.3) is 5.91 Å². The number of nitrogens with one attached hydrogen (secondary N) is 1. The lowest BCUT2D eigenvalue weighted by molar-refractivity contribution is -0.0843. The third kappa shape index (κ3) is 4.35. The molecular formula is C26H32N4O3. The van der Waals surface area contributed by atoms with Crippen LogP contribution in [0.25, 0.3) is 10.9 Å². The average molecular weight is 449 g/mol. The molecule has 33 heavy (non-hydrogen) atoms. The number of hydrogen-bond donors (Lipinski definition) is 1. The lowest BCUT2D eigenvalue weighted by atomic mass is 9.89. The highest BCUT2D eigenvalue weighted by Crippen LogP contribution is 2.30. The molecular weight excluding hydrogens is 416 g/mol. The molecule has 5 rings (SSSR count). The van der Waals surface area contributed by atoms with Gasteiger partial charge < -0.3 is 14.8 Å². The quantitative estimate of drug-likeness (QED) is 0.622. The van der Waals surface area contributed by atoms with E-state index in [2.05, 4.69) is 41.3 Å². The van der Waals surface area contributed by atoms with E-state index >= 15 is 0 Å². The van der Waals surface area contributed by atoms with Gasteiger partial charge in [0.05, 0.1) is 25.8 Å². The molecule has 2 saturated heterocycles. The van der Waals surface area contributed by atoms with Gasteiger partial charge in [-0.2, -0.15) is 5.10 Å². The largest absolute Gasteiger partial charge is 0.497 e. The van der Waals surface area contributed by atoms with Crippen molar-refractivity contribution in [1.29, 1.82) is 0 Å². The second kappa shape index (κ2) is 9.15. The smallest absolute Gasteiger partial charge is 0.272 e. The van der Waals surface area contributed by atoms with Gasteiger partial charge in [-0.3, -0.25) is 14.4 Å². The molecule has 1 aromatic heterocycles. The van der Waals surface area contributed by atoms with E-state index in [4.69, 9.17) is 9.47 Å². The molecule has 0 saturated carbocycles. The maximum absolute atomic E-state index is 13.3. The number of rotatable bonds is 6. The Kier molecular flexibility index (Phi) is 6.08. The molecule has 7 nitrogen and oxygen atoms in total. The summed E-state index contributed by atoms with van der Waals surface area (Å²) in [4.78, 5) is 15.8. The van der Waals surface area contributed by atoms with E-state index in [0.29, 0.717) is 18.9 Å². The molecule has 3 heterocycles. The molecule has 2 aliphatic heterocycles. The fraction of sp³-hybridized carbons (Fsp3) is 0.462. The molecule has 0 aliphatic carbocycles. The maximum Gasteiger partial charge on any atom is 0.272 e. The summed E-state index contributed by atoms with van der Waals surface area (Å²) in [6.45, 7) is 6.45. The molecule has 174 valence electrons. The number of hydrogen-bond acceptors (Lipinski definition) is 5. The Morgan fingerprint density at radius 3 is 2.48 bits per heavy atom. The highest BCUT2D eigenvalue weighted by atomic mass is 16.5. The van der Waals surface area contributed by atoms with Gasteiger partial charge in [0.15, 0.2) is 5.69 Å². The van der Waals surface area contributed by atoms with Crippen LogP contribution < -0.4 is 10.1 Å². The summed E-state index contributed by atoms with van der Waals surface area (Å²) in [5.74, 6) is 0.786. The fourth-order valence-corrected chi connectivity index (χ4v) is 5.21. The number of ether oxygens (including phenoxy) is 2. The van der Waals surface area contributed by atoms with Crippen LogP contribution in [0.2, 0.25) is 0 Å². The van der Waals surface area contributed by atoms with Crippen LogP contribution in [0.5, 0.6) is 5.75 Å². The third-order valence-electron chi connectivity index (χ3n) is 6.85.